The van der Waals surface area contributed by atoms with Gasteiger partial charge >= 0.3 is 0 Å². The van der Waals surface area contributed by atoms with E-state index in [-0.39, 0.29) is 17.4 Å². The van der Waals surface area contributed by atoms with E-state index in [9.17, 15) is 9.59 Å². The van der Waals surface area contributed by atoms with Crippen LogP contribution in [0.25, 0.3) is 21.9 Å². The summed E-state index contributed by atoms with van der Waals surface area (Å²) in [6.45, 7) is 3.03. The van der Waals surface area contributed by atoms with Crippen LogP contribution in [0.15, 0.2) is 53.3 Å². The highest BCUT2D eigenvalue weighted by atomic mass is 16.5. The third-order valence-corrected chi connectivity index (χ3v) is 5.96. The van der Waals surface area contributed by atoms with Gasteiger partial charge in [-0.3, -0.25) is 9.59 Å². The number of nitrogens with zero attached hydrogens (tertiary/aromatic N) is 2. The molecular formula is C24H26N2O3. The van der Waals surface area contributed by atoms with Crippen molar-refractivity contribution in [2.24, 2.45) is 7.05 Å². The first-order chi connectivity index (χ1) is 14.0. The molecule has 0 bridgehead atoms. The van der Waals surface area contributed by atoms with E-state index in [4.69, 9.17) is 4.74 Å². The summed E-state index contributed by atoms with van der Waals surface area (Å²) in [6, 6.07) is 15.8. The second kappa shape index (κ2) is 7.74. The van der Waals surface area contributed by atoms with E-state index < -0.39 is 0 Å². The van der Waals surface area contributed by atoms with Gasteiger partial charge in [-0.2, -0.15) is 0 Å². The predicted octanol–water partition coefficient (Wildman–Crippen LogP) is 3.94. The zero-order valence-corrected chi connectivity index (χ0v) is 17.1. The molecule has 1 aliphatic rings. The van der Waals surface area contributed by atoms with E-state index in [2.05, 4.69) is 12.1 Å². The first-order valence-corrected chi connectivity index (χ1v) is 10.0. The van der Waals surface area contributed by atoms with E-state index in [0.29, 0.717) is 11.9 Å². The van der Waals surface area contributed by atoms with E-state index in [1.165, 1.54) is 0 Å². The minimum absolute atomic E-state index is 0.0164. The van der Waals surface area contributed by atoms with Crippen LogP contribution in [0.1, 0.15) is 31.4 Å². The molecule has 2 aromatic carbocycles. The number of carbonyl (C=O) groups excluding carboxylic acids is 1. The standard InChI is InChI=1S/C24H26N2O3/c1-16(27)26-13-7-10-18(15-26)23-22(17-8-5-4-6-9-17)21-14-19(29-3)11-12-20(21)24(28)25(23)2/h4-6,8-9,11-12,14,18H,7,10,13,15H2,1-3H3. The minimum atomic E-state index is -0.0164. The number of piperidine rings is 1. The van der Waals surface area contributed by atoms with Crippen LogP contribution in [-0.4, -0.2) is 35.6 Å². The number of aromatic nitrogens is 1. The summed E-state index contributed by atoms with van der Waals surface area (Å²) in [5, 5.41) is 1.57. The molecule has 0 N–H and O–H groups in total. The number of carbonyl (C=O) groups is 1. The Kier molecular flexibility index (Phi) is 5.14. The normalized spacial score (nSPS) is 16.8. The fourth-order valence-corrected chi connectivity index (χ4v) is 4.51. The van der Waals surface area contributed by atoms with Crippen LogP contribution in [0, 0.1) is 0 Å². The average molecular weight is 390 g/mol. The summed E-state index contributed by atoms with van der Waals surface area (Å²) >= 11 is 0. The van der Waals surface area contributed by atoms with Gasteiger partial charge in [0.15, 0.2) is 0 Å². The fourth-order valence-electron chi connectivity index (χ4n) is 4.51. The smallest absolute Gasteiger partial charge is 0.258 e. The molecule has 0 radical (unpaired) electrons. The lowest BCUT2D eigenvalue weighted by molar-refractivity contribution is -0.130. The molecule has 1 amide bonds. The molecule has 0 aliphatic carbocycles. The number of ether oxygens (including phenoxy) is 1. The van der Waals surface area contributed by atoms with Crippen LogP contribution >= 0.6 is 0 Å². The molecule has 1 saturated heterocycles. The van der Waals surface area contributed by atoms with Crippen LogP contribution in [0.3, 0.4) is 0 Å². The van der Waals surface area contributed by atoms with Gasteiger partial charge in [0.2, 0.25) is 5.91 Å². The molecule has 3 aromatic rings. The van der Waals surface area contributed by atoms with Gasteiger partial charge in [0.05, 0.1) is 7.11 Å². The van der Waals surface area contributed by atoms with E-state index in [0.717, 1.165) is 47.3 Å². The Bertz CT molecular complexity index is 1120. The number of hydrogen-bond acceptors (Lipinski definition) is 3. The van der Waals surface area contributed by atoms with Crippen molar-refractivity contribution in [2.45, 2.75) is 25.7 Å². The lowest BCUT2D eigenvalue weighted by Crippen LogP contribution is -2.39. The van der Waals surface area contributed by atoms with Crippen LogP contribution < -0.4 is 10.3 Å². The molecule has 0 saturated carbocycles. The fraction of sp³-hybridized carbons (Fsp3) is 0.333. The molecule has 150 valence electrons. The average Bonchev–Trinajstić information content (AvgIpc) is 2.76. The van der Waals surface area contributed by atoms with Crippen molar-refractivity contribution in [1.82, 2.24) is 9.47 Å². The van der Waals surface area contributed by atoms with Crippen LogP contribution in [0.2, 0.25) is 0 Å². The predicted molar refractivity (Wildman–Crippen MR) is 115 cm³/mol. The summed E-state index contributed by atoms with van der Waals surface area (Å²) in [6.07, 6.45) is 1.88. The Balaban J connectivity index is 2.03. The third kappa shape index (κ3) is 3.41. The Morgan fingerprint density at radius 3 is 2.55 bits per heavy atom. The molecular weight excluding hydrogens is 364 g/mol. The van der Waals surface area contributed by atoms with Gasteiger partial charge in [0.25, 0.3) is 5.56 Å². The molecule has 1 unspecified atom stereocenters. The first kappa shape index (κ1) is 19.2. The van der Waals surface area contributed by atoms with Crippen molar-refractivity contribution in [3.63, 3.8) is 0 Å². The van der Waals surface area contributed by atoms with Crippen molar-refractivity contribution < 1.29 is 9.53 Å². The molecule has 5 nitrogen and oxygen atoms in total. The highest BCUT2D eigenvalue weighted by molar-refractivity contribution is 5.98. The van der Waals surface area contributed by atoms with E-state index in [1.807, 2.05) is 48.3 Å². The van der Waals surface area contributed by atoms with E-state index in [1.54, 1.807) is 18.6 Å². The number of methoxy groups -OCH3 is 1. The van der Waals surface area contributed by atoms with Crippen LogP contribution in [0.5, 0.6) is 5.75 Å². The Labute approximate surface area is 170 Å². The number of amides is 1. The zero-order chi connectivity index (χ0) is 20.5. The summed E-state index contributed by atoms with van der Waals surface area (Å²) in [7, 11) is 3.48. The molecule has 5 heteroatoms. The van der Waals surface area contributed by atoms with Gasteiger partial charge in [-0.15, -0.1) is 0 Å². The van der Waals surface area contributed by atoms with Crippen LogP contribution in [0.4, 0.5) is 0 Å². The SMILES string of the molecule is COc1ccc2c(=O)n(C)c(C3CCCN(C(C)=O)C3)c(-c3ccccc3)c2c1. The summed E-state index contributed by atoms with van der Waals surface area (Å²) in [4.78, 5) is 27.1. The maximum atomic E-state index is 13.2. The van der Waals surface area contributed by atoms with Crippen molar-refractivity contribution >= 4 is 16.7 Å². The molecule has 1 aromatic heterocycles. The summed E-state index contributed by atoms with van der Waals surface area (Å²) in [5.41, 5.74) is 3.10. The van der Waals surface area contributed by atoms with Gasteiger partial charge < -0.3 is 14.2 Å². The second-order valence-electron chi connectivity index (χ2n) is 7.71. The molecule has 0 spiro atoms. The van der Waals surface area contributed by atoms with Gasteiger partial charge in [-0.1, -0.05) is 30.3 Å². The lowest BCUT2D eigenvalue weighted by atomic mass is 9.86. The monoisotopic (exact) mass is 390 g/mol. The molecule has 4 rings (SSSR count). The Morgan fingerprint density at radius 2 is 1.86 bits per heavy atom. The molecule has 1 fully saturated rings. The highest BCUT2D eigenvalue weighted by Gasteiger charge is 2.28. The quantitative estimate of drug-likeness (QED) is 0.681. The number of pyridine rings is 1. The molecule has 1 atom stereocenters. The van der Waals surface area contributed by atoms with E-state index >= 15 is 0 Å². The number of benzene rings is 2. The highest BCUT2D eigenvalue weighted by Crippen LogP contribution is 2.38. The maximum Gasteiger partial charge on any atom is 0.258 e. The summed E-state index contributed by atoms with van der Waals surface area (Å²) in [5.74, 6) is 0.919. The van der Waals surface area contributed by atoms with Crippen molar-refractivity contribution in [3.05, 3.63) is 64.6 Å². The van der Waals surface area contributed by atoms with Crippen molar-refractivity contribution in [3.8, 4) is 16.9 Å². The second-order valence-corrected chi connectivity index (χ2v) is 7.71. The topological polar surface area (TPSA) is 51.5 Å². The zero-order valence-electron chi connectivity index (χ0n) is 17.1. The lowest BCUT2D eigenvalue weighted by Gasteiger charge is -2.34. The number of likely N-dealkylation sites (tertiary alicyclic amines) is 1. The Morgan fingerprint density at radius 1 is 1.10 bits per heavy atom. The Hall–Kier alpha value is -3.08. The van der Waals surface area contributed by atoms with Gasteiger partial charge in [-0.05, 0) is 36.6 Å². The molecule has 1 aliphatic heterocycles. The maximum absolute atomic E-state index is 13.2. The first-order valence-electron chi connectivity index (χ1n) is 10.0. The minimum Gasteiger partial charge on any atom is -0.497 e. The third-order valence-electron chi connectivity index (χ3n) is 5.96. The van der Waals surface area contributed by atoms with Crippen LogP contribution in [-0.2, 0) is 11.8 Å². The molecule has 2 heterocycles. The number of fused-ring (bicyclic) bond motifs is 1. The number of hydrogen-bond donors (Lipinski definition) is 0. The number of rotatable bonds is 3. The van der Waals surface area contributed by atoms with Gasteiger partial charge in [-0.25, -0.2) is 0 Å². The van der Waals surface area contributed by atoms with Gasteiger partial charge in [0.1, 0.15) is 5.75 Å². The van der Waals surface area contributed by atoms with Crippen molar-refractivity contribution in [2.75, 3.05) is 20.2 Å². The van der Waals surface area contributed by atoms with Crippen molar-refractivity contribution in [1.29, 1.82) is 0 Å². The van der Waals surface area contributed by atoms with Gasteiger partial charge in [0, 0.05) is 55.0 Å². The molecule has 29 heavy (non-hydrogen) atoms. The largest absolute Gasteiger partial charge is 0.497 e. The summed E-state index contributed by atoms with van der Waals surface area (Å²) < 4.78 is 7.24.